The predicted molar refractivity (Wildman–Crippen MR) is 112 cm³/mol. The minimum Gasteiger partial charge on any atom is -0.379 e. The number of nitrogens with one attached hydrogen (secondary N) is 1. The van der Waals surface area contributed by atoms with Gasteiger partial charge in [0.2, 0.25) is 0 Å². The number of aliphatic hydroxyl groups excluding tert-OH is 1. The number of benzene rings is 2. The predicted octanol–water partition coefficient (Wildman–Crippen LogP) is 4.76. The Morgan fingerprint density at radius 2 is 1.91 bits per heavy atom. The van der Waals surface area contributed by atoms with Crippen LogP contribution in [0.4, 0.5) is 13.2 Å². The lowest BCUT2D eigenvalue weighted by atomic mass is 9.93. The highest BCUT2D eigenvalue weighted by molar-refractivity contribution is 5.96. The maximum absolute atomic E-state index is 13.2. The van der Waals surface area contributed by atoms with E-state index in [4.69, 9.17) is 0 Å². The summed E-state index contributed by atoms with van der Waals surface area (Å²) < 4.78 is 39.6. The maximum Gasteiger partial charge on any atom is 0.418 e. The van der Waals surface area contributed by atoms with Gasteiger partial charge in [0.1, 0.15) is 0 Å². The number of hydrogen-bond donors (Lipinski definition) is 2. The van der Waals surface area contributed by atoms with E-state index in [2.05, 4.69) is 10.3 Å². The first-order valence-corrected chi connectivity index (χ1v) is 9.69. The van der Waals surface area contributed by atoms with E-state index in [1.807, 2.05) is 13.0 Å². The second-order valence-corrected chi connectivity index (χ2v) is 7.44. The summed E-state index contributed by atoms with van der Waals surface area (Å²) in [6.07, 6.45) is -6.09. The Labute approximate surface area is 183 Å². The minimum absolute atomic E-state index is 0.0645. The number of aliphatic hydroxyl groups is 1. The van der Waals surface area contributed by atoms with Crippen molar-refractivity contribution in [2.75, 3.05) is 0 Å². The molecule has 1 amide bonds. The molecule has 0 aliphatic heterocycles. The average Bonchev–Trinajstić information content (AvgIpc) is 2.76. The molecule has 164 valence electrons. The van der Waals surface area contributed by atoms with Crippen LogP contribution in [-0.2, 0) is 6.54 Å². The molecule has 3 rings (SSSR count). The van der Waals surface area contributed by atoms with E-state index < -0.39 is 23.8 Å². The number of nitrogens with zero attached hydrogens (tertiary/aromatic N) is 2. The summed E-state index contributed by atoms with van der Waals surface area (Å²) in [6, 6.07) is 14.1. The molecule has 3 aromatic rings. The van der Waals surface area contributed by atoms with Crippen LogP contribution in [0, 0.1) is 25.2 Å². The largest absolute Gasteiger partial charge is 0.418 e. The van der Waals surface area contributed by atoms with Crippen LogP contribution in [0.1, 0.15) is 44.4 Å². The number of alkyl halides is 3. The molecule has 1 heterocycles. The molecular formula is C24H20F3N3O2. The second kappa shape index (κ2) is 9.20. The number of halogens is 3. The zero-order chi connectivity index (χ0) is 23.5. The molecule has 0 saturated heterocycles. The smallest absolute Gasteiger partial charge is 0.379 e. The third-order valence-corrected chi connectivity index (χ3v) is 4.88. The molecule has 5 nitrogen and oxygen atoms in total. The van der Waals surface area contributed by atoms with E-state index in [9.17, 15) is 28.3 Å². The van der Waals surface area contributed by atoms with Gasteiger partial charge in [-0.1, -0.05) is 18.2 Å². The number of nitriles is 1. The van der Waals surface area contributed by atoms with Crippen LogP contribution >= 0.6 is 0 Å². The number of carbonyl (C=O) groups excluding carboxylic acids is 1. The number of aryl methyl sites for hydroxylation is 2. The van der Waals surface area contributed by atoms with Gasteiger partial charge in [0.25, 0.3) is 5.91 Å². The number of rotatable bonds is 5. The summed E-state index contributed by atoms with van der Waals surface area (Å²) in [4.78, 5) is 16.9. The van der Waals surface area contributed by atoms with Gasteiger partial charge in [-0.3, -0.25) is 9.78 Å². The number of amides is 1. The number of aromatic nitrogens is 1. The van der Waals surface area contributed by atoms with Gasteiger partial charge in [-0.05, 0) is 72.0 Å². The quantitative estimate of drug-likeness (QED) is 0.600. The lowest BCUT2D eigenvalue weighted by Gasteiger charge is -2.18. The van der Waals surface area contributed by atoms with Gasteiger partial charge in [-0.2, -0.15) is 18.4 Å². The average molecular weight is 439 g/mol. The van der Waals surface area contributed by atoms with Gasteiger partial charge < -0.3 is 10.4 Å². The van der Waals surface area contributed by atoms with E-state index in [0.717, 1.165) is 29.0 Å². The summed E-state index contributed by atoms with van der Waals surface area (Å²) >= 11 is 0. The van der Waals surface area contributed by atoms with Crippen molar-refractivity contribution >= 4 is 5.91 Å². The first kappa shape index (κ1) is 23.0. The summed E-state index contributed by atoms with van der Waals surface area (Å²) in [6.45, 7) is 3.73. The summed E-state index contributed by atoms with van der Waals surface area (Å²) in [5.74, 6) is -0.617. The molecule has 0 radical (unpaired) electrons. The molecule has 1 unspecified atom stereocenters. The lowest BCUT2D eigenvalue weighted by molar-refractivity contribution is -0.206. The molecule has 0 fully saturated rings. The van der Waals surface area contributed by atoms with Crippen LogP contribution in [0.3, 0.4) is 0 Å². The van der Waals surface area contributed by atoms with E-state index in [-0.39, 0.29) is 23.2 Å². The van der Waals surface area contributed by atoms with Crippen LogP contribution in [0.5, 0.6) is 0 Å². The fourth-order valence-electron chi connectivity index (χ4n) is 3.17. The standard InChI is InChI=1S/C24H20F3N3O2/c1-14-3-6-21(20(7-14)11-28)17-8-18(22(31)24(25,26)27)10-19(9-17)23(32)30-13-16-5-4-15(2)29-12-16/h3-10,12,22,31H,13H2,1-2H3,(H,30,32). The third-order valence-electron chi connectivity index (χ3n) is 4.88. The molecule has 0 aliphatic rings. The van der Waals surface area contributed by atoms with Gasteiger partial charge in [0.15, 0.2) is 6.10 Å². The van der Waals surface area contributed by atoms with E-state index in [0.29, 0.717) is 5.56 Å². The Morgan fingerprint density at radius 3 is 2.53 bits per heavy atom. The lowest BCUT2D eigenvalue weighted by Crippen LogP contribution is -2.24. The van der Waals surface area contributed by atoms with E-state index in [1.165, 1.54) is 6.07 Å². The maximum atomic E-state index is 13.2. The van der Waals surface area contributed by atoms with Crippen molar-refractivity contribution < 1.29 is 23.1 Å². The Hall–Kier alpha value is -3.70. The zero-order valence-electron chi connectivity index (χ0n) is 17.4. The highest BCUT2D eigenvalue weighted by Gasteiger charge is 2.39. The topological polar surface area (TPSA) is 86.0 Å². The molecule has 32 heavy (non-hydrogen) atoms. The summed E-state index contributed by atoms with van der Waals surface area (Å²) in [5.41, 5.74) is 2.63. The fraction of sp³-hybridized carbons (Fsp3) is 0.208. The molecule has 0 bridgehead atoms. The molecule has 0 saturated carbocycles. The Morgan fingerprint density at radius 1 is 1.16 bits per heavy atom. The Kier molecular flexibility index (Phi) is 6.61. The van der Waals surface area contributed by atoms with Crippen molar-refractivity contribution in [1.29, 1.82) is 5.26 Å². The number of carbonyl (C=O) groups is 1. The highest BCUT2D eigenvalue weighted by Crippen LogP contribution is 2.35. The van der Waals surface area contributed by atoms with Gasteiger partial charge in [-0.25, -0.2) is 0 Å². The highest BCUT2D eigenvalue weighted by atomic mass is 19.4. The molecular weight excluding hydrogens is 419 g/mol. The second-order valence-electron chi connectivity index (χ2n) is 7.44. The number of pyridine rings is 1. The van der Waals surface area contributed by atoms with Crippen molar-refractivity contribution in [3.63, 3.8) is 0 Å². The van der Waals surface area contributed by atoms with Crippen molar-refractivity contribution in [2.45, 2.75) is 32.7 Å². The van der Waals surface area contributed by atoms with Crippen molar-refractivity contribution in [2.24, 2.45) is 0 Å². The minimum atomic E-state index is -4.91. The van der Waals surface area contributed by atoms with Crippen LogP contribution in [-0.4, -0.2) is 22.2 Å². The Bertz CT molecular complexity index is 1180. The van der Waals surface area contributed by atoms with Crippen LogP contribution < -0.4 is 5.32 Å². The SMILES string of the molecule is Cc1ccc(-c2cc(C(=O)NCc3ccc(C)nc3)cc(C(O)C(F)(F)F)c2)c(C#N)c1. The third kappa shape index (κ3) is 5.31. The van der Waals surface area contributed by atoms with Crippen molar-refractivity contribution in [3.8, 4) is 17.2 Å². The van der Waals surface area contributed by atoms with Gasteiger partial charge in [-0.15, -0.1) is 0 Å². The molecule has 1 aromatic heterocycles. The summed E-state index contributed by atoms with van der Waals surface area (Å²) in [7, 11) is 0. The van der Waals surface area contributed by atoms with Crippen molar-refractivity contribution in [1.82, 2.24) is 10.3 Å². The first-order valence-electron chi connectivity index (χ1n) is 9.69. The fourth-order valence-corrected chi connectivity index (χ4v) is 3.17. The zero-order valence-corrected chi connectivity index (χ0v) is 17.4. The normalized spacial score (nSPS) is 12.2. The van der Waals surface area contributed by atoms with Crippen LogP contribution in [0.15, 0.2) is 54.7 Å². The van der Waals surface area contributed by atoms with E-state index in [1.54, 1.807) is 43.5 Å². The Balaban J connectivity index is 2.01. The van der Waals surface area contributed by atoms with Gasteiger partial charge >= 0.3 is 6.18 Å². The van der Waals surface area contributed by atoms with Crippen LogP contribution in [0.2, 0.25) is 0 Å². The van der Waals surface area contributed by atoms with Crippen LogP contribution in [0.25, 0.3) is 11.1 Å². The van der Waals surface area contributed by atoms with Gasteiger partial charge in [0, 0.05) is 24.0 Å². The molecule has 2 aromatic carbocycles. The molecule has 0 aliphatic carbocycles. The van der Waals surface area contributed by atoms with E-state index >= 15 is 0 Å². The molecule has 1 atom stereocenters. The monoisotopic (exact) mass is 439 g/mol. The number of hydrogen-bond acceptors (Lipinski definition) is 4. The van der Waals surface area contributed by atoms with Crippen molar-refractivity contribution in [3.05, 3.63) is 88.2 Å². The summed E-state index contributed by atoms with van der Waals surface area (Å²) in [5, 5.41) is 21.9. The van der Waals surface area contributed by atoms with Gasteiger partial charge in [0.05, 0.1) is 11.6 Å². The molecule has 8 heteroatoms. The first-order chi connectivity index (χ1) is 15.1. The molecule has 2 N–H and O–H groups in total. The molecule has 0 spiro atoms.